The lowest BCUT2D eigenvalue weighted by Crippen LogP contribution is -2.11. The van der Waals surface area contributed by atoms with Crippen LogP contribution in [0.1, 0.15) is 25.3 Å². The van der Waals surface area contributed by atoms with E-state index >= 15 is 0 Å². The van der Waals surface area contributed by atoms with Crippen LogP contribution in [0.4, 0.5) is 0 Å². The Labute approximate surface area is 119 Å². The second kappa shape index (κ2) is 6.85. The average Bonchev–Trinajstić information content (AvgIpc) is 2.38. The molecule has 0 fully saturated rings. The molecule has 0 bridgehead atoms. The highest BCUT2D eigenvalue weighted by Gasteiger charge is 2.06. The fourth-order valence-corrected chi connectivity index (χ4v) is 2.17. The predicted octanol–water partition coefficient (Wildman–Crippen LogP) is 3.89. The van der Waals surface area contributed by atoms with Crippen molar-refractivity contribution in [3.63, 3.8) is 0 Å². The third kappa shape index (κ3) is 4.50. The number of ether oxygens (including phenoxy) is 1. The maximum Gasteiger partial charge on any atom is 0.127 e. The van der Waals surface area contributed by atoms with Crippen LogP contribution in [0.15, 0.2) is 48.5 Å². The van der Waals surface area contributed by atoms with Crippen molar-refractivity contribution < 1.29 is 14.9 Å². The van der Waals surface area contributed by atoms with Crippen molar-refractivity contribution in [3.8, 4) is 17.2 Å². The van der Waals surface area contributed by atoms with Crippen molar-refractivity contribution in [1.29, 1.82) is 0 Å². The number of aryl methyl sites for hydroxylation is 1. The van der Waals surface area contributed by atoms with Crippen LogP contribution in [-0.4, -0.2) is 16.3 Å². The molecule has 3 heteroatoms. The largest absolute Gasteiger partial charge is 0.508 e. The molecule has 2 N–H and O–H groups in total. The van der Waals surface area contributed by atoms with Crippen LogP contribution < -0.4 is 4.74 Å². The highest BCUT2D eigenvalue weighted by molar-refractivity contribution is 5.40. The zero-order valence-corrected chi connectivity index (χ0v) is 11.6. The van der Waals surface area contributed by atoms with Crippen molar-refractivity contribution in [2.24, 2.45) is 0 Å². The van der Waals surface area contributed by atoms with E-state index in [9.17, 15) is 10.2 Å². The van der Waals surface area contributed by atoms with Crippen molar-refractivity contribution in [3.05, 3.63) is 54.1 Å². The molecule has 2 rings (SSSR count). The SMILES string of the molecule is CC(CCCc1ccccc1)Oc1cc(O)cc(O)c1. The Bertz CT molecular complexity index is 517. The molecule has 0 aromatic heterocycles. The van der Waals surface area contributed by atoms with Crippen LogP contribution in [0, 0.1) is 0 Å². The Morgan fingerprint density at radius 2 is 1.65 bits per heavy atom. The van der Waals surface area contributed by atoms with E-state index in [2.05, 4.69) is 12.1 Å². The molecule has 0 aliphatic rings. The Hall–Kier alpha value is -2.16. The molecule has 3 nitrogen and oxygen atoms in total. The maximum absolute atomic E-state index is 9.39. The average molecular weight is 272 g/mol. The van der Waals surface area contributed by atoms with E-state index in [1.165, 1.54) is 23.8 Å². The zero-order valence-electron chi connectivity index (χ0n) is 11.6. The molecular weight excluding hydrogens is 252 g/mol. The molecule has 0 heterocycles. The molecule has 0 aliphatic heterocycles. The van der Waals surface area contributed by atoms with E-state index in [1.54, 1.807) is 0 Å². The van der Waals surface area contributed by atoms with Gasteiger partial charge in [0, 0.05) is 18.2 Å². The quantitative estimate of drug-likeness (QED) is 0.838. The first kappa shape index (κ1) is 14.3. The van der Waals surface area contributed by atoms with Crippen LogP contribution in [-0.2, 0) is 6.42 Å². The van der Waals surface area contributed by atoms with Gasteiger partial charge in [0.1, 0.15) is 17.2 Å². The summed E-state index contributed by atoms with van der Waals surface area (Å²) in [4.78, 5) is 0. The summed E-state index contributed by atoms with van der Waals surface area (Å²) in [6, 6.07) is 14.7. The number of hydrogen-bond donors (Lipinski definition) is 2. The van der Waals surface area contributed by atoms with Gasteiger partial charge in [0.15, 0.2) is 0 Å². The number of aromatic hydroxyl groups is 2. The minimum Gasteiger partial charge on any atom is -0.508 e. The highest BCUT2D eigenvalue weighted by Crippen LogP contribution is 2.27. The molecule has 1 unspecified atom stereocenters. The predicted molar refractivity (Wildman–Crippen MR) is 79.2 cm³/mol. The molecular formula is C17H20O3. The van der Waals surface area contributed by atoms with Gasteiger partial charge in [-0.3, -0.25) is 0 Å². The summed E-state index contributed by atoms with van der Waals surface area (Å²) in [7, 11) is 0. The van der Waals surface area contributed by atoms with Crippen LogP contribution >= 0.6 is 0 Å². The van der Waals surface area contributed by atoms with E-state index < -0.39 is 0 Å². The molecule has 2 aromatic rings. The van der Waals surface area contributed by atoms with Gasteiger partial charge < -0.3 is 14.9 Å². The fraction of sp³-hybridized carbons (Fsp3) is 0.294. The zero-order chi connectivity index (χ0) is 14.4. The first-order valence-corrected chi connectivity index (χ1v) is 6.87. The Morgan fingerprint density at radius 3 is 2.30 bits per heavy atom. The first-order chi connectivity index (χ1) is 9.63. The van der Waals surface area contributed by atoms with Gasteiger partial charge in [-0.2, -0.15) is 0 Å². The van der Waals surface area contributed by atoms with E-state index in [-0.39, 0.29) is 17.6 Å². The van der Waals surface area contributed by atoms with Gasteiger partial charge in [0.2, 0.25) is 0 Å². The van der Waals surface area contributed by atoms with Crippen molar-refractivity contribution in [1.82, 2.24) is 0 Å². The summed E-state index contributed by atoms with van der Waals surface area (Å²) >= 11 is 0. The summed E-state index contributed by atoms with van der Waals surface area (Å²) in [5.41, 5.74) is 1.33. The molecule has 0 spiro atoms. The number of benzene rings is 2. The van der Waals surface area contributed by atoms with E-state index in [0.717, 1.165) is 19.3 Å². The molecule has 20 heavy (non-hydrogen) atoms. The van der Waals surface area contributed by atoms with Gasteiger partial charge in [-0.15, -0.1) is 0 Å². The van der Waals surface area contributed by atoms with Crippen LogP contribution in [0.2, 0.25) is 0 Å². The molecule has 0 aliphatic carbocycles. The van der Waals surface area contributed by atoms with E-state index in [1.807, 2.05) is 25.1 Å². The lowest BCUT2D eigenvalue weighted by Gasteiger charge is -2.15. The van der Waals surface area contributed by atoms with Crippen LogP contribution in [0.25, 0.3) is 0 Å². The maximum atomic E-state index is 9.39. The molecule has 0 saturated carbocycles. The minimum absolute atomic E-state index is 0.0106. The van der Waals surface area contributed by atoms with Crippen molar-refractivity contribution in [2.75, 3.05) is 0 Å². The first-order valence-electron chi connectivity index (χ1n) is 6.87. The Balaban J connectivity index is 1.79. The van der Waals surface area contributed by atoms with E-state index in [4.69, 9.17) is 4.74 Å². The van der Waals surface area contributed by atoms with Gasteiger partial charge in [0.25, 0.3) is 0 Å². The number of phenolic OH excluding ortho intramolecular Hbond substituents is 2. The summed E-state index contributed by atoms with van der Waals surface area (Å²) < 4.78 is 5.69. The van der Waals surface area contributed by atoms with Gasteiger partial charge in [-0.1, -0.05) is 30.3 Å². The van der Waals surface area contributed by atoms with Crippen molar-refractivity contribution in [2.45, 2.75) is 32.3 Å². The molecule has 0 amide bonds. The molecule has 0 radical (unpaired) electrons. The highest BCUT2D eigenvalue weighted by atomic mass is 16.5. The summed E-state index contributed by atoms with van der Waals surface area (Å²) in [6.07, 6.45) is 3.03. The monoisotopic (exact) mass is 272 g/mol. The fourth-order valence-electron chi connectivity index (χ4n) is 2.17. The number of phenols is 2. The Kier molecular flexibility index (Phi) is 4.88. The number of hydrogen-bond acceptors (Lipinski definition) is 3. The van der Waals surface area contributed by atoms with Gasteiger partial charge in [-0.05, 0) is 31.7 Å². The molecule has 2 aromatic carbocycles. The van der Waals surface area contributed by atoms with E-state index in [0.29, 0.717) is 5.75 Å². The topological polar surface area (TPSA) is 49.7 Å². The third-order valence-corrected chi connectivity index (χ3v) is 3.13. The minimum atomic E-state index is 0.0106. The lowest BCUT2D eigenvalue weighted by atomic mass is 10.1. The normalized spacial score (nSPS) is 12.1. The van der Waals surface area contributed by atoms with Crippen molar-refractivity contribution >= 4 is 0 Å². The summed E-state index contributed by atoms with van der Waals surface area (Å²) in [5, 5.41) is 18.8. The molecule has 0 saturated heterocycles. The van der Waals surface area contributed by atoms with Crippen LogP contribution in [0.3, 0.4) is 0 Å². The number of rotatable bonds is 6. The lowest BCUT2D eigenvalue weighted by molar-refractivity contribution is 0.206. The summed E-state index contributed by atoms with van der Waals surface area (Å²) in [6.45, 7) is 1.99. The summed E-state index contributed by atoms with van der Waals surface area (Å²) in [5.74, 6) is 0.516. The molecule has 106 valence electrons. The second-order valence-electron chi connectivity index (χ2n) is 4.99. The van der Waals surface area contributed by atoms with Gasteiger partial charge in [-0.25, -0.2) is 0 Å². The smallest absolute Gasteiger partial charge is 0.127 e. The van der Waals surface area contributed by atoms with Gasteiger partial charge >= 0.3 is 0 Å². The molecule has 1 atom stereocenters. The van der Waals surface area contributed by atoms with Crippen LogP contribution in [0.5, 0.6) is 17.2 Å². The Morgan fingerprint density at radius 1 is 1.00 bits per heavy atom. The van der Waals surface area contributed by atoms with Gasteiger partial charge in [0.05, 0.1) is 6.10 Å². The standard InChI is InChI=1S/C17H20O3/c1-13(6-5-9-14-7-3-2-4-8-14)20-17-11-15(18)10-16(19)12-17/h2-4,7-8,10-13,18-19H,5-6,9H2,1H3. The second-order valence-corrected chi connectivity index (χ2v) is 4.99. The third-order valence-electron chi connectivity index (χ3n) is 3.13.